The van der Waals surface area contributed by atoms with E-state index in [-0.39, 0.29) is 17.0 Å². The van der Waals surface area contributed by atoms with Gasteiger partial charge in [0.05, 0.1) is 0 Å². The number of ether oxygens (including phenoxy) is 1. The summed E-state index contributed by atoms with van der Waals surface area (Å²) in [7, 11) is 0. The molecule has 2 nitrogen and oxygen atoms in total. The molecule has 0 aromatic heterocycles. The van der Waals surface area contributed by atoms with Gasteiger partial charge in [-0.05, 0) is 50.4 Å². The van der Waals surface area contributed by atoms with Crippen molar-refractivity contribution >= 4 is 5.97 Å². The third-order valence-corrected chi connectivity index (χ3v) is 4.44. The van der Waals surface area contributed by atoms with E-state index in [4.69, 9.17) is 4.74 Å². The Morgan fingerprint density at radius 1 is 1.10 bits per heavy atom. The normalized spacial score (nSPS) is 19.7. The lowest BCUT2D eigenvalue weighted by molar-refractivity contribution is -0.164. The molecular formula is C18H34O2. The van der Waals surface area contributed by atoms with Crippen LogP contribution >= 0.6 is 0 Å². The number of hydrogen-bond donors (Lipinski definition) is 0. The number of hydrogen-bond acceptors (Lipinski definition) is 2. The van der Waals surface area contributed by atoms with Crippen LogP contribution in [0, 0.1) is 17.3 Å². The first-order valence-corrected chi connectivity index (χ1v) is 8.32. The minimum absolute atomic E-state index is 0.0164. The number of rotatable bonds is 5. The minimum Gasteiger partial charge on any atom is -0.459 e. The Balaban J connectivity index is 2.43. The van der Waals surface area contributed by atoms with E-state index in [9.17, 15) is 4.79 Å². The molecule has 0 spiro atoms. The maximum Gasteiger partial charge on any atom is 0.306 e. The lowest BCUT2D eigenvalue weighted by Gasteiger charge is -2.36. The van der Waals surface area contributed by atoms with Crippen molar-refractivity contribution in [1.29, 1.82) is 0 Å². The summed E-state index contributed by atoms with van der Waals surface area (Å²) in [4.78, 5) is 12.2. The van der Waals surface area contributed by atoms with Gasteiger partial charge in [-0.15, -0.1) is 0 Å². The van der Waals surface area contributed by atoms with Crippen molar-refractivity contribution in [3.8, 4) is 0 Å². The molecule has 1 fully saturated rings. The Kier molecular flexibility index (Phi) is 6.09. The molecule has 0 bridgehead atoms. The summed E-state index contributed by atoms with van der Waals surface area (Å²) in [6, 6.07) is 0. The van der Waals surface area contributed by atoms with Crippen molar-refractivity contribution < 1.29 is 9.53 Å². The fraction of sp³-hybridized carbons (Fsp3) is 0.944. The number of carbonyl (C=O) groups is 1. The van der Waals surface area contributed by atoms with E-state index in [0.29, 0.717) is 18.3 Å². The molecule has 0 aliphatic heterocycles. The van der Waals surface area contributed by atoms with Gasteiger partial charge in [-0.3, -0.25) is 4.79 Å². The van der Waals surface area contributed by atoms with Crippen LogP contribution in [-0.2, 0) is 9.53 Å². The topological polar surface area (TPSA) is 26.3 Å². The fourth-order valence-electron chi connectivity index (χ4n) is 3.62. The SMILES string of the molecule is CC(CC(=O)OC(C)(C)C1CCCCC1)CC(C)(C)C. The highest BCUT2D eigenvalue weighted by atomic mass is 16.6. The van der Waals surface area contributed by atoms with Crippen LogP contribution in [0.3, 0.4) is 0 Å². The van der Waals surface area contributed by atoms with Crippen molar-refractivity contribution in [3.63, 3.8) is 0 Å². The molecule has 2 heteroatoms. The number of esters is 1. The molecule has 1 aliphatic rings. The second-order valence-electron chi connectivity index (χ2n) is 8.49. The highest BCUT2D eigenvalue weighted by Gasteiger charge is 2.34. The molecular weight excluding hydrogens is 248 g/mol. The molecule has 0 saturated heterocycles. The zero-order valence-corrected chi connectivity index (χ0v) is 14.4. The summed E-state index contributed by atoms with van der Waals surface area (Å²) in [5.41, 5.74) is -0.0163. The molecule has 1 aliphatic carbocycles. The van der Waals surface area contributed by atoms with E-state index in [1.165, 1.54) is 32.1 Å². The van der Waals surface area contributed by atoms with Gasteiger partial charge < -0.3 is 4.74 Å². The second-order valence-corrected chi connectivity index (χ2v) is 8.49. The standard InChI is InChI=1S/C18H34O2/c1-14(13-17(2,3)4)12-16(19)20-18(5,6)15-10-8-7-9-11-15/h14-15H,7-13H2,1-6H3. The van der Waals surface area contributed by atoms with Gasteiger partial charge in [0.25, 0.3) is 0 Å². The summed E-state index contributed by atoms with van der Waals surface area (Å²) < 4.78 is 5.82. The first kappa shape index (κ1) is 17.5. The van der Waals surface area contributed by atoms with E-state index < -0.39 is 0 Å². The zero-order chi connectivity index (χ0) is 15.4. The van der Waals surface area contributed by atoms with Crippen LogP contribution in [0.15, 0.2) is 0 Å². The second kappa shape index (κ2) is 6.95. The zero-order valence-electron chi connectivity index (χ0n) is 14.4. The highest BCUT2D eigenvalue weighted by molar-refractivity contribution is 5.70. The third kappa shape index (κ3) is 6.28. The summed E-state index contributed by atoms with van der Waals surface area (Å²) in [5, 5.41) is 0. The maximum absolute atomic E-state index is 12.2. The van der Waals surface area contributed by atoms with Gasteiger partial charge in [0.1, 0.15) is 5.60 Å². The smallest absolute Gasteiger partial charge is 0.306 e. The largest absolute Gasteiger partial charge is 0.459 e. The van der Waals surface area contributed by atoms with Crippen LogP contribution in [0.25, 0.3) is 0 Å². The molecule has 1 atom stereocenters. The van der Waals surface area contributed by atoms with Gasteiger partial charge >= 0.3 is 5.97 Å². The average molecular weight is 282 g/mol. The van der Waals surface area contributed by atoms with E-state index >= 15 is 0 Å². The van der Waals surface area contributed by atoms with Crippen LogP contribution in [0.5, 0.6) is 0 Å². The highest BCUT2D eigenvalue weighted by Crippen LogP contribution is 2.35. The summed E-state index contributed by atoms with van der Waals surface area (Å²) in [6.45, 7) is 13.0. The molecule has 0 N–H and O–H groups in total. The molecule has 1 saturated carbocycles. The van der Waals surface area contributed by atoms with Gasteiger partial charge in [0.15, 0.2) is 0 Å². The fourth-order valence-corrected chi connectivity index (χ4v) is 3.62. The predicted octanol–water partition coefficient (Wildman–Crippen LogP) is 5.35. The quantitative estimate of drug-likeness (QED) is 0.635. The van der Waals surface area contributed by atoms with Gasteiger partial charge in [-0.2, -0.15) is 0 Å². The molecule has 1 rings (SSSR count). The van der Waals surface area contributed by atoms with Crippen molar-refractivity contribution in [2.24, 2.45) is 17.3 Å². The van der Waals surface area contributed by atoms with E-state index in [1.807, 2.05) is 0 Å². The minimum atomic E-state index is -0.293. The molecule has 0 aromatic carbocycles. The lowest BCUT2D eigenvalue weighted by atomic mass is 9.78. The van der Waals surface area contributed by atoms with Crippen molar-refractivity contribution in [2.45, 2.75) is 92.1 Å². The Hall–Kier alpha value is -0.530. The Bertz CT molecular complexity index is 306. The Morgan fingerprint density at radius 3 is 2.15 bits per heavy atom. The first-order chi connectivity index (χ1) is 9.10. The van der Waals surface area contributed by atoms with Crippen molar-refractivity contribution in [3.05, 3.63) is 0 Å². The van der Waals surface area contributed by atoms with Crippen LogP contribution in [0.4, 0.5) is 0 Å². The Morgan fingerprint density at radius 2 is 1.65 bits per heavy atom. The monoisotopic (exact) mass is 282 g/mol. The van der Waals surface area contributed by atoms with Crippen LogP contribution < -0.4 is 0 Å². The Labute approximate surface area is 125 Å². The maximum atomic E-state index is 12.2. The van der Waals surface area contributed by atoms with Gasteiger partial charge in [0.2, 0.25) is 0 Å². The molecule has 0 radical (unpaired) electrons. The number of carbonyl (C=O) groups excluding carboxylic acids is 1. The van der Waals surface area contributed by atoms with E-state index in [1.54, 1.807) is 0 Å². The molecule has 0 aromatic rings. The molecule has 0 amide bonds. The van der Waals surface area contributed by atoms with Crippen LogP contribution in [0.1, 0.15) is 86.5 Å². The summed E-state index contributed by atoms with van der Waals surface area (Å²) in [6.07, 6.45) is 7.93. The molecule has 1 unspecified atom stereocenters. The van der Waals surface area contributed by atoms with Crippen molar-refractivity contribution in [1.82, 2.24) is 0 Å². The average Bonchev–Trinajstić information content (AvgIpc) is 2.26. The summed E-state index contributed by atoms with van der Waals surface area (Å²) >= 11 is 0. The predicted molar refractivity (Wildman–Crippen MR) is 84.6 cm³/mol. The lowest BCUT2D eigenvalue weighted by Crippen LogP contribution is -2.38. The third-order valence-electron chi connectivity index (χ3n) is 4.44. The van der Waals surface area contributed by atoms with Gasteiger partial charge in [-0.25, -0.2) is 0 Å². The molecule has 118 valence electrons. The van der Waals surface area contributed by atoms with Crippen molar-refractivity contribution in [2.75, 3.05) is 0 Å². The summed E-state index contributed by atoms with van der Waals surface area (Å²) in [5.74, 6) is 0.917. The van der Waals surface area contributed by atoms with Gasteiger partial charge in [0, 0.05) is 6.42 Å². The van der Waals surface area contributed by atoms with Crippen LogP contribution in [-0.4, -0.2) is 11.6 Å². The van der Waals surface area contributed by atoms with E-state index in [2.05, 4.69) is 41.5 Å². The molecule has 20 heavy (non-hydrogen) atoms. The first-order valence-electron chi connectivity index (χ1n) is 8.32. The molecule has 0 heterocycles. The van der Waals surface area contributed by atoms with Gasteiger partial charge in [-0.1, -0.05) is 47.0 Å². The van der Waals surface area contributed by atoms with Crippen LogP contribution in [0.2, 0.25) is 0 Å². The van der Waals surface area contributed by atoms with E-state index in [0.717, 1.165) is 6.42 Å².